The second-order valence-corrected chi connectivity index (χ2v) is 6.71. The Labute approximate surface area is 126 Å². The van der Waals surface area contributed by atoms with Crippen LogP contribution in [0, 0.1) is 5.92 Å². The predicted molar refractivity (Wildman–Crippen MR) is 83.2 cm³/mol. The van der Waals surface area contributed by atoms with Crippen LogP contribution in [0.25, 0.3) is 0 Å². The van der Waals surface area contributed by atoms with Gasteiger partial charge in [-0.25, -0.2) is 4.98 Å². The van der Waals surface area contributed by atoms with Crippen LogP contribution in [0.3, 0.4) is 0 Å². The fourth-order valence-electron chi connectivity index (χ4n) is 2.37. The topological polar surface area (TPSA) is 77.2 Å². The molecule has 1 aromatic rings. The lowest BCUT2D eigenvalue weighted by Crippen LogP contribution is -2.33. The molecule has 1 aliphatic heterocycles. The van der Waals surface area contributed by atoms with Crippen LogP contribution in [0.5, 0.6) is 0 Å². The Hall–Kier alpha value is -1.62. The van der Waals surface area contributed by atoms with Crippen molar-refractivity contribution in [3.05, 3.63) is 23.4 Å². The lowest BCUT2D eigenvalue weighted by molar-refractivity contribution is 0.0536. The van der Waals surface area contributed by atoms with Gasteiger partial charge in [0.25, 0.3) is 5.91 Å². The van der Waals surface area contributed by atoms with E-state index in [9.17, 15) is 4.79 Å². The van der Waals surface area contributed by atoms with Gasteiger partial charge in [0.1, 0.15) is 5.82 Å². The second-order valence-electron chi connectivity index (χ2n) is 6.71. The number of nitrogen functional groups attached to an aromatic ring is 1. The molecular formula is C16H25N3O2. The highest BCUT2D eigenvalue weighted by molar-refractivity contribution is 5.95. The number of pyridine rings is 1. The van der Waals surface area contributed by atoms with Gasteiger partial charge in [-0.05, 0) is 30.9 Å². The summed E-state index contributed by atoms with van der Waals surface area (Å²) in [7, 11) is 0. The van der Waals surface area contributed by atoms with Gasteiger partial charge in [-0.3, -0.25) is 4.79 Å². The first-order valence-electron chi connectivity index (χ1n) is 7.50. The molecule has 21 heavy (non-hydrogen) atoms. The molecule has 1 fully saturated rings. The van der Waals surface area contributed by atoms with Crippen molar-refractivity contribution in [2.75, 3.05) is 25.5 Å². The third-order valence-corrected chi connectivity index (χ3v) is 3.68. The zero-order valence-corrected chi connectivity index (χ0v) is 13.1. The van der Waals surface area contributed by atoms with E-state index < -0.39 is 0 Å². The maximum absolute atomic E-state index is 12.3. The smallest absolute Gasteiger partial charge is 0.251 e. The van der Waals surface area contributed by atoms with Crippen LogP contribution < -0.4 is 11.1 Å². The molecule has 1 aromatic heterocycles. The SMILES string of the molecule is CC(C)(C)c1cc(C(=O)NCC2CCCOC2)cc(N)n1. The number of ether oxygens (including phenoxy) is 1. The molecule has 0 radical (unpaired) electrons. The number of carbonyl (C=O) groups excluding carboxylic acids is 1. The first-order valence-corrected chi connectivity index (χ1v) is 7.50. The lowest BCUT2D eigenvalue weighted by Gasteiger charge is -2.22. The molecule has 0 spiro atoms. The summed E-state index contributed by atoms with van der Waals surface area (Å²) in [5, 5.41) is 2.97. The summed E-state index contributed by atoms with van der Waals surface area (Å²) in [6, 6.07) is 3.45. The summed E-state index contributed by atoms with van der Waals surface area (Å²) in [5.41, 5.74) is 7.09. The summed E-state index contributed by atoms with van der Waals surface area (Å²) >= 11 is 0. The van der Waals surface area contributed by atoms with Crippen molar-refractivity contribution in [1.82, 2.24) is 10.3 Å². The summed E-state index contributed by atoms with van der Waals surface area (Å²) < 4.78 is 5.42. The van der Waals surface area contributed by atoms with Crippen molar-refractivity contribution >= 4 is 11.7 Å². The highest BCUT2D eigenvalue weighted by Gasteiger charge is 2.20. The van der Waals surface area contributed by atoms with E-state index in [1.54, 1.807) is 6.07 Å². The predicted octanol–water partition coefficient (Wildman–Crippen LogP) is 2.12. The number of carbonyl (C=O) groups is 1. The van der Waals surface area contributed by atoms with Crippen molar-refractivity contribution in [3.63, 3.8) is 0 Å². The lowest BCUT2D eigenvalue weighted by atomic mass is 9.90. The number of anilines is 1. The van der Waals surface area contributed by atoms with Gasteiger partial charge >= 0.3 is 0 Å². The van der Waals surface area contributed by atoms with Crippen LogP contribution in [-0.2, 0) is 10.2 Å². The Morgan fingerprint density at radius 3 is 2.86 bits per heavy atom. The molecule has 116 valence electrons. The molecule has 5 heteroatoms. The summed E-state index contributed by atoms with van der Waals surface area (Å²) in [4.78, 5) is 16.6. The molecule has 0 bridgehead atoms. The van der Waals surface area contributed by atoms with Crippen LogP contribution in [0.1, 0.15) is 49.7 Å². The molecule has 0 saturated carbocycles. The Morgan fingerprint density at radius 1 is 1.48 bits per heavy atom. The maximum atomic E-state index is 12.3. The van der Waals surface area contributed by atoms with Gasteiger partial charge in [0.15, 0.2) is 0 Å². The van der Waals surface area contributed by atoms with Crippen molar-refractivity contribution in [2.24, 2.45) is 5.92 Å². The molecule has 5 nitrogen and oxygen atoms in total. The van der Waals surface area contributed by atoms with Gasteiger partial charge in [-0.15, -0.1) is 0 Å². The molecule has 3 N–H and O–H groups in total. The first kappa shape index (κ1) is 15.8. The van der Waals surface area contributed by atoms with Gasteiger partial charge in [-0.1, -0.05) is 20.8 Å². The number of hydrogen-bond donors (Lipinski definition) is 2. The third kappa shape index (κ3) is 4.43. The minimum atomic E-state index is -0.137. The van der Waals surface area contributed by atoms with E-state index >= 15 is 0 Å². The van der Waals surface area contributed by atoms with E-state index in [1.165, 1.54) is 0 Å². The van der Waals surface area contributed by atoms with E-state index in [1.807, 2.05) is 6.07 Å². The molecular weight excluding hydrogens is 266 g/mol. The van der Waals surface area contributed by atoms with Crippen molar-refractivity contribution in [2.45, 2.75) is 39.0 Å². The Bertz CT molecular complexity index is 503. The molecule has 1 amide bonds. The second kappa shape index (κ2) is 6.43. The quantitative estimate of drug-likeness (QED) is 0.894. The average molecular weight is 291 g/mol. The Balaban J connectivity index is 2.03. The number of nitrogens with two attached hydrogens (primary N) is 1. The van der Waals surface area contributed by atoms with Gasteiger partial charge in [0.05, 0.1) is 6.61 Å². The zero-order chi connectivity index (χ0) is 15.5. The van der Waals surface area contributed by atoms with E-state index in [2.05, 4.69) is 31.1 Å². The Morgan fingerprint density at radius 2 is 2.24 bits per heavy atom. The van der Waals surface area contributed by atoms with Crippen LogP contribution in [0.15, 0.2) is 12.1 Å². The zero-order valence-electron chi connectivity index (χ0n) is 13.1. The molecule has 1 saturated heterocycles. The number of nitrogens with one attached hydrogen (secondary N) is 1. The van der Waals surface area contributed by atoms with Crippen LogP contribution in [0.4, 0.5) is 5.82 Å². The molecule has 1 unspecified atom stereocenters. The number of aromatic nitrogens is 1. The minimum absolute atomic E-state index is 0.0971. The van der Waals surface area contributed by atoms with E-state index in [0.29, 0.717) is 23.8 Å². The summed E-state index contributed by atoms with van der Waals surface area (Å²) in [6.07, 6.45) is 2.17. The fourth-order valence-corrected chi connectivity index (χ4v) is 2.37. The van der Waals surface area contributed by atoms with E-state index in [4.69, 9.17) is 10.5 Å². The normalized spacial score (nSPS) is 19.3. The number of hydrogen-bond acceptors (Lipinski definition) is 4. The standard InChI is InChI=1S/C16H25N3O2/c1-16(2,3)13-7-12(8-14(17)19-13)15(20)18-9-11-5-4-6-21-10-11/h7-8,11H,4-6,9-10H2,1-3H3,(H2,17,19)(H,18,20). The Kier molecular flexibility index (Phi) is 4.83. The van der Waals surface area contributed by atoms with Crippen molar-refractivity contribution in [3.8, 4) is 0 Å². The molecule has 1 aliphatic rings. The van der Waals surface area contributed by atoms with Crippen LogP contribution in [0.2, 0.25) is 0 Å². The summed E-state index contributed by atoms with van der Waals surface area (Å²) in [6.45, 7) is 8.36. The maximum Gasteiger partial charge on any atom is 0.251 e. The molecule has 1 atom stereocenters. The fraction of sp³-hybridized carbons (Fsp3) is 0.625. The van der Waals surface area contributed by atoms with Gasteiger partial charge in [0.2, 0.25) is 0 Å². The molecule has 2 heterocycles. The molecule has 0 aromatic carbocycles. The van der Waals surface area contributed by atoms with Gasteiger partial charge < -0.3 is 15.8 Å². The van der Waals surface area contributed by atoms with E-state index in [-0.39, 0.29) is 11.3 Å². The highest BCUT2D eigenvalue weighted by Crippen LogP contribution is 2.22. The van der Waals surface area contributed by atoms with Gasteiger partial charge in [0, 0.05) is 29.8 Å². The molecule has 2 rings (SSSR count). The average Bonchev–Trinajstić information content (AvgIpc) is 2.44. The van der Waals surface area contributed by atoms with Crippen LogP contribution >= 0.6 is 0 Å². The van der Waals surface area contributed by atoms with Crippen molar-refractivity contribution in [1.29, 1.82) is 0 Å². The van der Waals surface area contributed by atoms with Crippen molar-refractivity contribution < 1.29 is 9.53 Å². The number of amides is 1. The highest BCUT2D eigenvalue weighted by atomic mass is 16.5. The minimum Gasteiger partial charge on any atom is -0.384 e. The van der Waals surface area contributed by atoms with Crippen LogP contribution in [-0.4, -0.2) is 30.6 Å². The number of rotatable bonds is 3. The first-order chi connectivity index (χ1) is 9.86. The van der Waals surface area contributed by atoms with Gasteiger partial charge in [-0.2, -0.15) is 0 Å². The van der Waals surface area contributed by atoms with E-state index in [0.717, 1.165) is 31.7 Å². The monoisotopic (exact) mass is 291 g/mol. The molecule has 0 aliphatic carbocycles. The third-order valence-electron chi connectivity index (χ3n) is 3.68. The summed E-state index contributed by atoms with van der Waals surface area (Å²) in [5.74, 6) is 0.692. The number of nitrogens with zero attached hydrogens (tertiary/aromatic N) is 1. The largest absolute Gasteiger partial charge is 0.384 e.